The van der Waals surface area contributed by atoms with E-state index in [9.17, 15) is 4.79 Å². The van der Waals surface area contributed by atoms with Gasteiger partial charge in [0.2, 0.25) is 12.7 Å². The number of carbonyl (C=O) groups excluding carboxylic acids is 1. The Kier molecular flexibility index (Phi) is 4.03. The lowest BCUT2D eigenvalue weighted by Crippen LogP contribution is -2.24. The number of rotatable bonds is 3. The maximum atomic E-state index is 12.1. The fraction of sp³-hybridized carbons (Fsp3) is 0.300. The van der Waals surface area contributed by atoms with E-state index in [1.54, 1.807) is 11.9 Å². The molecule has 0 N–H and O–H groups in total. The molecule has 1 atom stereocenters. The van der Waals surface area contributed by atoms with Crippen LogP contribution in [0.5, 0.6) is 11.5 Å². The van der Waals surface area contributed by atoms with Crippen LogP contribution < -0.4 is 14.4 Å². The van der Waals surface area contributed by atoms with Crippen LogP contribution in [0.2, 0.25) is 0 Å². The van der Waals surface area contributed by atoms with Crippen molar-refractivity contribution in [3.63, 3.8) is 0 Å². The van der Waals surface area contributed by atoms with Crippen molar-refractivity contribution < 1.29 is 14.3 Å². The Morgan fingerprint density at radius 2 is 1.85 bits per heavy atom. The van der Waals surface area contributed by atoms with Gasteiger partial charge < -0.3 is 14.4 Å². The van der Waals surface area contributed by atoms with E-state index in [4.69, 9.17) is 9.47 Å². The number of benzene rings is 2. The van der Waals surface area contributed by atoms with Gasteiger partial charge in [0.15, 0.2) is 11.5 Å². The van der Waals surface area contributed by atoms with Crippen LogP contribution in [0, 0.1) is 0 Å². The molecule has 0 aromatic heterocycles. The molecule has 0 fully saturated rings. The number of ether oxygens (including phenoxy) is 2. The zero-order valence-corrected chi connectivity index (χ0v) is 15.1. The van der Waals surface area contributed by atoms with Gasteiger partial charge in [-0.15, -0.1) is 0 Å². The van der Waals surface area contributed by atoms with Crippen LogP contribution in [0.15, 0.2) is 47.6 Å². The van der Waals surface area contributed by atoms with E-state index < -0.39 is 0 Å². The second-order valence-electron chi connectivity index (χ2n) is 6.68. The molecule has 0 aliphatic carbocycles. The van der Waals surface area contributed by atoms with E-state index in [0.717, 1.165) is 34.0 Å². The molecule has 2 aromatic carbocycles. The molecular formula is C20H21N3O3. The first-order chi connectivity index (χ1) is 12.5. The SMILES string of the molecule is CC(=O)N1N=C(c2ccc3c(c2)OCO3)CC1c1ccc(N(C)C)cc1. The monoisotopic (exact) mass is 351 g/mol. The average molecular weight is 351 g/mol. The van der Waals surface area contributed by atoms with Gasteiger partial charge in [-0.05, 0) is 35.9 Å². The summed E-state index contributed by atoms with van der Waals surface area (Å²) in [5.41, 5.74) is 4.02. The highest BCUT2D eigenvalue weighted by Gasteiger charge is 2.32. The minimum absolute atomic E-state index is 0.0672. The van der Waals surface area contributed by atoms with Crippen molar-refractivity contribution in [1.82, 2.24) is 5.01 Å². The molecule has 6 nitrogen and oxygen atoms in total. The second-order valence-corrected chi connectivity index (χ2v) is 6.68. The Hall–Kier alpha value is -3.02. The van der Waals surface area contributed by atoms with Crippen molar-refractivity contribution in [2.45, 2.75) is 19.4 Å². The Labute approximate surface area is 152 Å². The molecule has 0 bridgehead atoms. The molecule has 2 heterocycles. The van der Waals surface area contributed by atoms with Crippen LogP contribution in [0.4, 0.5) is 5.69 Å². The molecule has 0 saturated heterocycles. The zero-order chi connectivity index (χ0) is 18.3. The molecule has 2 aromatic rings. The molecule has 0 radical (unpaired) electrons. The molecule has 4 rings (SSSR count). The zero-order valence-electron chi connectivity index (χ0n) is 15.1. The average Bonchev–Trinajstić information content (AvgIpc) is 3.28. The summed E-state index contributed by atoms with van der Waals surface area (Å²) in [6.07, 6.45) is 0.667. The number of amides is 1. The Balaban J connectivity index is 1.63. The van der Waals surface area contributed by atoms with Crippen molar-refractivity contribution in [2.24, 2.45) is 5.10 Å². The van der Waals surface area contributed by atoms with Gasteiger partial charge in [0.1, 0.15) is 0 Å². The first-order valence-corrected chi connectivity index (χ1v) is 8.57. The quantitative estimate of drug-likeness (QED) is 0.852. The minimum Gasteiger partial charge on any atom is -0.454 e. The molecule has 26 heavy (non-hydrogen) atoms. The molecule has 0 spiro atoms. The highest BCUT2D eigenvalue weighted by Crippen LogP contribution is 2.37. The topological polar surface area (TPSA) is 54.4 Å². The molecule has 1 amide bonds. The van der Waals surface area contributed by atoms with Gasteiger partial charge in [-0.3, -0.25) is 4.79 Å². The van der Waals surface area contributed by atoms with E-state index in [2.05, 4.69) is 34.3 Å². The van der Waals surface area contributed by atoms with Crippen molar-refractivity contribution >= 4 is 17.3 Å². The van der Waals surface area contributed by atoms with Gasteiger partial charge >= 0.3 is 0 Å². The molecule has 1 unspecified atom stereocenters. The fourth-order valence-corrected chi connectivity index (χ4v) is 3.31. The van der Waals surface area contributed by atoms with Gasteiger partial charge in [0, 0.05) is 38.7 Å². The third-order valence-corrected chi connectivity index (χ3v) is 4.73. The third kappa shape index (κ3) is 2.87. The predicted octanol–water partition coefficient (Wildman–Crippen LogP) is 3.18. The number of hydrogen-bond donors (Lipinski definition) is 0. The van der Waals surface area contributed by atoms with E-state index in [1.807, 2.05) is 32.3 Å². The maximum Gasteiger partial charge on any atom is 0.240 e. The van der Waals surface area contributed by atoms with Gasteiger partial charge in [-0.2, -0.15) is 5.10 Å². The molecule has 2 aliphatic rings. The smallest absolute Gasteiger partial charge is 0.240 e. The number of nitrogens with zero attached hydrogens (tertiary/aromatic N) is 3. The lowest BCUT2D eigenvalue weighted by Gasteiger charge is -2.21. The lowest BCUT2D eigenvalue weighted by atomic mass is 9.98. The Bertz CT molecular complexity index is 874. The second kappa shape index (κ2) is 6.37. The van der Waals surface area contributed by atoms with E-state index in [0.29, 0.717) is 6.42 Å². The van der Waals surface area contributed by atoms with Crippen LogP contribution in [0.1, 0.15) is 30.5 Å². The Morgan fingerprint density at radius 1 is 1.12 bits per heavy atom. The van der Waals surface area contributed by atoms with E-state index in [1.165, 1.54) is 0 Å². The van der Waals surface area contributed by atoms with Crippen molar-refractivity contribution in [3.05, 3.63) is 53.6 Å². The number of fused-ring (bicyclic) bond motifs is 1. The molecule has 2 aliphatic heterocycles. The van der Waals surface area contributed by atoms with Gasteiger partial charge in [-0.1, -0.05) is 12.1 Å². The summed E-state index contributed by atoms with van der Waals surface area (Å²) in [6.45, 7) is 1.79. The van der Waals surface area contributed by atoms with Gasteiger partial charge in [0.05, 0.1) is 11.8 Å². The minimum atomic E-state index is -0.0934. The molecule has 0 saturated carbocycles. The number of carbonyl (C=O) groups is 1. The summed E-state index contributed by atoms with van der Waals surface area (Å²) >= 11 is 0. The van der Waals surface area contributed by atoms with Crippen LogP contribution in [-0.2, 0) is 4.79 Å². The summed E-state index contributed by atoms with van der Waals surface area (Å²) in [4.78, 5) is 14.2. The summed E-state index contributed by atoms with van der Waals surface area (Å²) in [5.74, 6) is 1.40. The fourth-order valence-electron chi connectivity index (χ4n) is 3.31. The highest BCUT2D eigenvalue weighted by molar-refractivity contribution is 6.03. The Morgan fingerprint density at radius 3 is 2.54 bits per heavy atom. The summed E-state index contributed by atoms with van der Waals surface area (Å²) in [6, 6.07) is 13.9. The van der Waals surface area contributed by atoms with E-state index >= 15 is 0 Å². The first-order valence-electron chi connectivity index (χ1n) is 8.57. The van der Waals surface area contributed by atoms with Crippen LogP contribution in [-0.4, -0.2) is 37.5 Å². The maximum absolute atomic E-state index is 12.1. The number of anilines is 1. The van der Waals surface area contributed by atoms with Crippen LogP contribution in [0.25, 0.3) is 0 Å². The third-order valence-electron chi connectivity index (χ3n) is 4.73. The molecule has 6 heteroatoms. The van der Waals surface area contributed by atoms with Crippen LogP contribution in [0.3, 0.4) is 0 Å². The predicted molar refractivity (Wildman–Crippen MR) is 99.7 cm³/mol. The summed E-state index contributed by atoms with van der Waals surface area (Å²) in [5, 5.41) is 6.17. The van der Waals surface area contributed by atoms with Gasteiger partial charge in [-0.25, -0.2) is 5.01 Å². The standard InChI is InChI=1S/C20H21N3O3/c1-13(24)23-18(14-4-7-16(8-5-14)22(2)3)11-17(21-23)15-6-9-19-20(10-15)26-12-25-19/h4-10,18H,11-12H2,1-3H3. The van der Waals surface area contributed by atoms with Gasteiger partial charge in [0.25, 0.3) is 0 Å². The van der Waals surface area contributed by atoms with Crippen molar-refractivity contribution in [1.29, 1.82) is 0 Å². The van der Waals surface area contributed by atoms with E-state index in [-0.39, 0.29) is 18.7 Å². The molecular weight excluding hydrogens is 330 g/mol. The number of hydrogen-bond acceptors (Lipinski definition) is 5. The largest absolute Gasteiger partial charge is 0.454 e. The normalized spacial score (nSPS) is 18.0. The highest BCUT2D eigenvalue weighted by atomic mass is 16.7. The molecule has 134 valence electrons. The first kappa shape index (κ1) is 16.4. The van der Waals surface area contributed by atoms with Crippen molar-refractivity contribution in [2.75, 3.05) is 25.8 Å². The summed E-state index contributed by atoms with van der Waals surface area (Å²) < 4.78 is 10.8. The van der Waals surface area contributed by atoms with Crippen LogP contribution >= 0.6 is 0 Å². The number of hydrazone groups is 1. The lowest BCUT2D eigenvalue weighted by molar-refractivity contribution is -0.130. The summed E-state index contributed by atoms with van der Waals surface area (Å²) in [7, 11) is 4.01. The van der Waals surface area contributed by atoms with Crippen molar-refractivity contribution in [3.8, 4) is 11.5 Å².